The summed E-state index contributed by atoms with van der Waals surface area (Å²) in [5.74, 6) is -1.41. The van der Waals surface area contributed by atoms with Crippen LogP contribution in [0, 0.1) is 28.1 Å². The molecule has 4 aliphatic heterocycles. The van der Waals surface area contributed by atoms with Crippen LogP contribution in [0.1, 0.15) is 95.2 Å². The number of esters is 1. The Labute approximate surface area is 464 Å². The number of fused-ring (bicyclic) bond motifs is 8. The molecule has 2 aromatic heterocycles. The van der Waals surface area contributed by atoms with Crippen LogP contribution >= 0.6 is 0 Å². The summed E-state index contributed by atoms with van der Waals surface area (Å²) < 4.78 is 20.6. The number of phenols is 1. The minimum atomic E-state index is -1.12. The number of amides is 2. The number of aromatic nitrogens is 2. The van der Waals surface area contributed by atoms with E-state index in [2.05, 4.69) is 83.6 Å². The summed E-state index contributed by atoms with van der Waals surface area (Å²) in [6.45, 7) is 22.9. The van der Waals surface area contributed by atoms with Crippen LogP contribution in [0.2, 0.25) is 0 Å². The Morgan fingerprint density at radius 1 is 1.04 bits per heavy atom. The lowest BCUT2D eigenvalue weighted by Gasteiger charge is -2.36. The van der Waals surface area contributed by atoms with Gasteiger partial charge in [0.2, 0.25) is 5.91 Å². The number of methoxy groups -OCH3 is 1. The summed E-state index contributed by atoms with van der Waals surface area (Å²) in [7, 11) is 3.39. The highest BCUT2D eigenvalue weighted by Crippen LogP contribution is 2.46. The number of allylic oxidation sites excluding steroid dienone is 1. The van der Waals surface area contributed by atoms with Gasteiger partial charge in [-0.25, -0.2) is 5.43 Å². The van der Waals surface area contributed by atoms with Crippen LogP contribution in [0.25, 0.3) is 33.3 Å². The van der Waals surface area contributed by atoms with E-state index in [1.54, 1.807) is 32.4 Å². The smallest absolute Gasteiger partial charge is 0.346 e. The van der Waals surface area contributed by atoms with Crippen LogP contribution in [-0.4, -0.2) is 143 Å². The van der Waals surface area contributed by atoms with E-state index in [1.165, 1.54) is 10.0 Å². The van der Waals surface area contributed by atoms with Crippen molar-refractivity contribution in [2.24, 2.45) is 23.2 Å². The lowest BCUT2D eigenvalue weighted by Crippen LogP contribution is -2.61. The van der Waals surface area contributed by atoms with Gasteiger partial charge in [0.1, 0.15) is 23.8 Å². The van der Waals surface area contributed by atoms with Gasteiger partial charge in [-0.2, -0.15) is 0 Å². The number of hydrazine groups is 2. The van der Waals surface area contributed by atoms with Gasteiger partial charge in [0.05, 0.1) is 67.0 Å². The number of carbonyl (C=O) groups is 3. The molecule has 5 aromatic rings. The molecule has 10 rings (SSSR count). The summed E-state index contributed by atoms with van der Waals surface area (Å²) in [4.78, 5) is 69.1. The Balaban J connectivity index is 1.03. The molecule has 17 heteroatoms. The molecule has 3 aromatic carbocycles. The van der Waals surface area contributed by atoms with Gasteiger partial charge in [-0.05, 0) is 116 Å². The summed E-state index contributed by atoms with van der Waals surface area (Å²) in [5, 5.41) is 18.7. The highest BCUT2D eigenvalue weighted by atomic mass is 16.6. The zero-order valence-electron chi connectivity index (χ0n) is 47.3. The standard InChI is InChI=1S/C62H79N9O8/c1-10-38(4)24-45(66(8)71(76)60-52(36-78-60)41-16-14-13-15-17-41)32-55(73)64-53-27-40-25-43(28-47(72)26-40)42-18-19-54-49(29-42)51(33-62(6,7)37-79-61(75)57-48-30-44(48)35-70(65-57)59(53)74)58(69(54)12-3)50-31-46(34-63-56(50)39(5)77-9)68-22-20-67(11-2)21-23-68/h10,13-19,25-26,28-29,31,34,38-39,44-45,48,52-53,57,60,65H,1,11-12,20-24,27,30,32-33,35-37H2,2-9H3,(H-,64,72,73)/p+1/t38-,39+,44?,45?,48+,52-,53+,57+,60-/m1/s1. The fourth-order valence-electron chi connectivity index (χ4n) is 12.5. The van der Waals surface area contributed by atoms with Gasteiger partial charge in [-0.3, -0.25) is 24.4 Å². The van der Waals surface area contributed by atoms with Crippen molar-refractivity contribution in [1.29, 1.82) is 0 Å². The molecule has 5 aliphatic rings. The first-order valence-corrected chi connectivity index (χ1v) is 28.5. The topological polar surface area (TPSA) is 174 Å². The Hall–Kier alpha value is -6.66. The van der Waals surface area contributed by atoms with E-state index in [9.17, 15) is 19.6 Å². The number of carbonyl (C=O) groups excluding carboxylic acids is 3. The molecule has 17 nitrogen and oxygen atoms in total. The molecule has 9 atom stereocenters. The second-order valence-corrected chi connectivity index (χ2v) is 23.5. The fraction of sp³-hybridized carbons (Fsp3) is 0.516. The van der Waals surface area contributed by atoms with Gasteiger partial charge in [0.15, 0.2) is 4.87 Å². The second kappa shape index (κ2) is 23.2. The molecule has 2 unspecified atom stereocenters. The predicted octanol–water partition coefficient (Wildman–Crippen LogP) is 8.19. The Kier molecular flexibility index (Phi) is 16.3. The third-order valence-electron chi connectivity index (χ3n) is 17.4. The van der Waals surface area contributed by atoms with Gasteiger partial charge >= 0.3 is 12.2 Å². The van der Waals surface area contributed by atoms with Crippen molar-refractivity contribution in [2.45, 2.75) is 117 Å². The minimum absolute atomic E-state index is 0.00952. The molecule has 3 N–H and O–H groups in total. The maximum Gasteiger partial charge on any atom is 0.346 e. The van der Waals surface area contributed by atoms with Crippen molar-refractivity contribution in [1.82, 2.24) is 35.2 Å². The number of hydrogen-bond acceptors (Lipinski definition) is 12. The minimum Gasteiger partial charge on any atom is -0.508 e. The molecule has 0 radical (unpaired) electrons. The van der Waals surface area contributed by atoms with Crippen molar-refractivity contribution in [2.75, 3.05) is 71.5 Å². The zero-order valence-corrected chi connectivity index (χ0v) is 47.3. The van der Waals surface area contributed by atoms with Gasteiger partial charge in [-0.15, -0.1) is 11.6 Å². The van der Waals surface area contributed by atoms with E-state index in [1.807, 2.05) is 56.4 Å². The number of piperazine rings is 1. The Morgan fingerprint density at radius 3 is 2.51 bits per heavy atom. The SMILES string of the molecule is C=C[C@@H](C)CC(CC(=O)N[C@H]1Cc2cc(O)cc(c2)-c2ccc3c(c2)c(c(-c2cc(N4CCN(CC)CC4)cnc2[C@H](C)OC)n3CC)CC(C)(C)COC(=O)[C@H]2NN(CC3C[C@@H]32)C1=O)N(C)[N+](=O)[C@@H]1OC[C@@H]1c1ccccc1. The number of aromatic hydroxyl groups is 1. The van der Waals surface area contributed by atoms with E-state index < -0.39 is 47.6 Å². The first kappa shape index (κ1) is 55.6. The average Bonchev–Trinajstić information content (AvgIpc) is 4.35. The third-order valence-corrected chi connectivity index (χ3v) is 17.4. The number of hydrogen-bond donors (Lipinski definition) is 3. The summed E-state index contributed by atoms with van der Waals surface area (Å²) in [6, 6.07) is 21.3. The molecule has 4 fully saturated rings. The normalized spacial score (nSPS) is 24.3. The number of ether oxygens (including phenoxy) is 3. The number of cyclic esters (lactones) is 1. The molecule has 0 spiro atoms. The highest BCUT2D eigenvalue weighted by Gasteiger charge is 2.54. The van der Waals surface area contributed by atoms with Crippen LogP contribution in [0.3, 0.4) is 0 Å². The monoisotopic (exact) mass is 1080 g/mol. The first-order valence-electron chi connectivity index (χ1n) is 28.5. The summed E-state index contributed by atoms with van der Waals surface area (Å²) >= 11 is 0. The zero-order chi connectivity index (χ0) is 55.9. The fourth-order valence-corrected chi connectivity index (χ4v) is 12.5. The molecule has 1 aliphatic carbocycles. The number of likely N-dealkylation sites (N-methyl/N-ethyl adjacent to an activating group) is 1. The Bertz CT molecular complexity index is 3080. The quantitative estimate of drug-likeness (QED) is 0.0374. The van der Waals surface area contributed by atoms with Crippen LogP contribution in [-0.2, 0) is 48.0 Å². The molecule has 1 saturated carbocycles. The van der Waals surface area contributed by atoms with Crippen molar-refractivity contribution in [3.05, 3.63) is 119 Å². The van der Waals surface area contributed by atoms with Crippen LogP contribution in [0.15, 0.2) is 91.6 Å². The first-order chi connectivity index (χ1) is 38.0. The second-order valence-electron chi connectivity index (χ2n) is 23.5. The van der Waals surface area contributed by atoms with E-state index in [0.29, 0.717) is 38.1 Å². The molecule has 3 saturated heterocycles. The number of nitrogens with zero attached hydrogens (tertiary/aromatic N) is 7. The average molecular weight is 1080 g/mol. The Morgan fingerprint density at radius 2 is 1.81 bits per heavy atom. The van der Waals surface area contributed by atoms with E-state index >= 15 is 4.79 Å². The molecular formula is C62H80N9O8+. The molecule has 420 valence electrons. The number of rotatable bonds is 16. The predicted molar refractivity (Wildman–Crippen MR) is 305 cm³/mol. The van der Waals surface area contributed by atoms with Gasteiger partial charge < -0.3 is 39.0 Å². The lowest BCUT2D eigenvalue weighted by atomic mass is 9.84. The van der Waals surface area contributed by atoms with E-state index in [4.69, 9.17) is 19.2 Å². The van der Waals surface area contributed by atoms with Gasteiger partial charge in [-0.1, -0.05) is 76.2 Å². The largest absolute Gasteiger partial charge is 0.508 e. The number of aryl methyl sites for hydroxylation is 1. The number of pyridine rings is 1. The number of anilines is 1. The number of nitrogens with one attached hydrogen (secondary N) is 2. The third kappa shape index (κ3) is 11.7. The summed E-state index contributed by atoms with van der Waals surface area (Å²) in [5.41, 5.74) is 11.9. The van der Waals surface area contributed by atoms with Crippen molar-refractivity contribution >= 4 is 34.4 Å². The number of benzene rings is 3. The van der Waals surface area contributed by atoms with Crippen molar-refractivity contribution in [3.8, 4) is 28.1 Å². The van der Waals surface area contributed by atoms with Crippen molar-refractivity contribution < 1.29 is 38.6 Å². The molecule has 6 heterocycles. The van der Waals surface area contributed by atoms with Crippen LogP contribution < -0.4 is 15.6 Å². The number of phenolic OH excluding ortho intramolecular Hbond substituents is 1. The summed E-state index contributed by atoms with van der Waals surface area (Å²) in [6.07, 6.45) is 4.33. The van der Waals surface area contributed by atoms with Crippen molar-refractivity contribution in [3.63, 3.8) is 0 Å². The van der Waals surface area contributed by atoms with Crippen LogP contribution in [0.5, 0.6) is 5.75 Å². The highest BCUT2D eigenvalue weighted by molar-refractivity contribution is 5.96. The molecule has 6 bridgehead atoms. The van der Waals surface area contributed by atoms with Crippen LogP contribution in [0.4, 0.5) is 5.69 Å². The maximum absolute atomic E-state index is 15.1. The maximum atomic E-state index is 15.1. The lowest BCUT2D eigenvalue weighted by molar-refractivity contribution is -0.782. The number of nitroso groups, excluding NO2 is 1. The van der Waals surface area contributed by atoms with E-state index in [-0.39, 0.29) is 55.0 Å². The van der Waals surface area contributed by atoms with E-state index in [0.717, 1.165) is 99.8 Å². The van der Waals surface area contributed by atoms with Gasteiger partial charge in [0, 0.05) is 74.7 Å². The molecule has 79 heavy (non-hydrogen) atoms. The molecule has 2 amide bonds. The van der Waals surface area contributed by atoms with Gasteiger partial charge in [0.25, 0.3) is 5.91 Å². The molecular weight excluding hydrogens is 999 g/mol.